The molecule has 1 saturated carbocycles. The lowest BCUT2D eigenvalue weighted by atomic mass is 9.97. The summed E-state index contributed by atoms with van der Waals surface area (Å²) < 4.78 is 0. The van der Waals surface area contributed by atoms with Crippen LogP contribution in [0.2, 0.25) is 0 Å². The molecular formula is C22H27N3O2. The lowest BCUT2D eigenvalue weighted by Gasteiger charge is -2.24. The van der Waals surface area contributed by atoms with Crippen molar-refractivity contribution in [1.82, 2.24) is 5.32 Å². The van der Waals surface area contributed by atoms with E-state index in [1.807, 2.05) is 24.3 Å². The fourth-order valence-corrected chi connectivity index (χ4v) is 4.33. The average Bonchev–Trinajstić information content (AvgIpc) is 3.11. The van der Waals surface area contributed by atoms with E-state index >= 15 is 0 Å². The summed E-state index contributed by atoms with van der Waals surface area (Å²) in [5, 5.41) is 3.00. The molecule has 5 nitrogen and oxygen atoms in total. The fraction of sp³-hybridized carbons (Fsp3) is 0.500. The number of hydrogen-bond acceptors (Lipinski definition) is 3. The summed E-state index contributed by atoms with van der Waals surface area (Å²) >= 11 is 0. The lowest BCUT2D eigenvalue weighted by molar-refractivity contribution is -0.124. The number of nitrogens with zero attached hydrogens (tertiary/aromatic N) is 2. The third kappa shape index (κ3) is 3.97. The minimum Gasteiger partial charge on any atom is -0.354 e. The molecule has 5 heteroatoms. The molecule has 1 aromatic rings. The van der Waals surface area contributed by atoms with E-state index in [0.717, 1.165) is 55.6 Å². The summed E-state index contributed by atoms with van der Waals surface area (Å²) in [5.74, 6) is -0.255. The molecule has 1 N–H and O–H groups in total. The number of aliphatic imine (C=N–C) groups is 1. The van der Waals surface area contributed by atoms with E-state index in [4.69, 9.17) is 4.99 Å². The number of carbonyl (C=O) groups excluding carboxylic acids is 2. The molecule has 0 bridgehead atoms. The topological polar surface area (TPSA) is 61.8 Å². The van der Waals surface area contributed by atoms with Crippen molar-refractivity contribution in [2.45, 2.75) is 51.4 Å². The second-order valence-corrected chi connectivity index (χ2v) is 7.67. The van der Waals surface area contributed by atoms with Gasteiger partial charge in [0.25, 0.3) is 0 Å². The third-order valence-electron chi connectivity index (χ3n) is 5.78. The van der Waals surface area contributed by atoms with Crippen LogP contribution in [-0.2, 0) is 9.59 Å². The molecular weight excluding hydrogens is 338 g/mol. The SMILES string of the molecule is O=C(CN1C(=O)C2CCCC2=Nc2ccccc21)NCCC1=CCCCC1. The van der Waals surface area contributed by atoms with E-state index in [9.17, 15) is 9.59 Å². The molecule has 1 fully saturated rings. The van der Waals surface area contributed by atoms with Gasteiger partial charge in [-0.25, -0.2) is 0 Å². The monoisotopic (exact) mass is 365 g/mol. The van der Waals surface area contributed by atoms with Gasteiger partial charge in [0.05, 0.1) is 17.3 Å². The normalized spacial score (nSPS) is 21.7. The lowest BCUT2D eigenvalue weighted by Crippen LogP contribution is -2.44. The molecule has 1 heterocycles. The van der Waals surface area contributed by atoms with Gasteiger partial charge in [-0.3, -0.25) is 14.6 Å². The molecule has 1 aromatic carbocycles. The number of amides is 2. The highest BCUT2D eigenvalue weighted by molar-refractivity contribution is 6.16. The first-order valence-corrected chi connectivity index (χ1v) is 10.1. The predicted molar refractivity (Wildman–Crippen MR) is 107 cm³/mol. The van der Waals surface area contributed by atoms with Crippen LogP contribution in [0.4, 0.5) is 11.4 Å². The molecule has 1 atom stereocenters. The van der Waals surface area contributed by atoms with Crippen LogP contribution in [0.5, 0.6) is 0 Å². The van der Waals surface area contributed by atoms with Gasteiger partial charge >= 0.3 is 0 Å². The van der Waals surface area contributed by atoms with Gasteiger partial charge in [-0.05, 0) is 63.5 Å². The number of anilines is 1. The average molecular weight is 365 g/mol. The summed E-state index contributed by atoms with van der Waals surface area (Å²) in [6.45, 7) is 0.702. The van der Waals surface area contributed by atoms with Crippen LogP contribution in [0.1, 0.15) is 51.4 Å². The summed E-state index contributed by atoms with van der Waals surface area (Å²) in [4.78, 5) is 32.0. The third-order valence-corrected chi connectivity index (χ3v) is 5.78. The standard InChI is InChI=1S/C22H27N3O2/c26-21(23-14-13-16-7-2-1-3-8-16)15-25-20-12-5-4-10-19(20)24-18-11-6-9-17(18)22(25)27/h4-5,7,10,12,17H,1-3,6,8-9,11,13-15H2,(H,23,26). The number of fused-ring (bicyclic) bond motifs is 2. The van der Waals surface area contributed by atoms with Crippen molar-refractivity contribution in [2.75, 3.05) is 18.0 Å². The zero-order valence-electron chi connectivity index (χ0n) is 15.7. The van der Waals surface area contributed by atoms with Crippen LogP contribution in [0.15, 0.2) is 40.9 Å². The Hall–Kier alpha value is -2.43. The molecule has 142 valence electrons. The number of allylic oxidation sites excluding steroid dienone is 1. The molecule has 0 spiro atoms. The van der Waals surface area contributed by atoms with E-state index in [2.05, 4.69) is 11.4 Å². The molecule has 0 saturated heterocycles. The molecule has 1 aliphatic heterocycles. The minimum atomic E-state index is -0.169. The Kier molecular flexibility index (Phi) is 5.37. The maximum absolute atomic E-state index is 13.1. The quantitative estimate of drug-likeness (QED) is 0.804. The van der Waals surface area contributed by atoms with Crippen LogP contribution >= 0.6 is 0 Å². The predicted octanol–water partition coefficient (Wildman–Crippen LogP) is 3.91. The zero-order valence-corrected chi connectivity index (χ0v) is 15.7. The van der Waals surface area contributed by atoms with E-state index in [0.29, 0.717) is 6.54 Å². The van der Waals surface area contributed by atoms with Gasteiger partial charge in [-0.15, -0.1) is 0 Å². The summed E-state index contributed by atoms with van der Waals surface area (Å²) in [7, 11) is 0. The number of hydrogen-bond donors (Lipinski definition) is 1. The van der Waals surface area contributed by atoms with Gasteiger partial charge in [0, 0.05) is 12.3 Å². The van der Waals surface area contributed by atoms with Crippen LogP contribution in [0, 0.1) is 5.92 Å². The van der Waals surface area contributed by atoms with Gasteiger partial charge in [0.1, 0.15) is 6.54 Å². The Bertz CT molecular complexity index is 797. The van der Waals surface area contributed by atoms with Crippen molar-refractivity contribution in [2.24, 2.45) is 10.9 Å². The van der Waals surface area contributed by atoms with Crippen molar-refractivity contribution in [3.63, 3.8) is 0 Å². The number of para-hydroxylation sites is 2. The summed E-state index contributed by atoms with van der Waals surface area (Å²) in [5.41, 5.74) is 3.96. The van der Waals surface area contributed by atoms with E-state index in [1.54, 1.807) is 4.90 Å². The second-order valence-electron chi connectivity index (χ2n) is 7.67. The first-order valence-electron chi connectivity index (χ1n) is 10.1. The smallest absolute Gasteiger partial charge is 0.240 e. The van der Waals surface area contributed by atoms with Gasteiger partial charge < -0.3 is 10.2 Å². The highest BCUT2D eigenvalue weighted by Gasteiger charge is 2.36. The largest absolute Gasteiger partial charge is 0.354 e. The van der Waals surface area contributed by atoms with Gasteiger partial charge in [0.2, 0.25) is 11.8 Å². The van der Waals surface area contributed by atoms with Crippen LogP contribution < -0.4 is 10.2 Å². The maximum Gasteiger partial charge on any atom is 0.240 e. The van der Waals surface area contributed by atoms with E-state index in [1.165, 1.54) is 18.4 Å². The Morgan fingerprint density at radius 3 is 2.93 bits per heavy atom. The summed E-state index contributed by atoms with van der Waals surface area (Å²) in [6.07, 6.45) is 10.8. The van der Waals surface area contributed by atoms with Crippen molar-refractivity contribution >= 4 is 28.9 Å². The molecule has 1 unspecified atom stereocenters. The number of rotatable bonds is 5. The van der Waals surface area contributed by atoms with Crippen LogP contribution in [0.3, 0.4) is 0 Å². The molecule has 0 radical (unpaired) electrons. The Labute approximate surface area is 160 Å². The van der Waals surface area contributed by atoms with E-state index < -0.39 is 0 Å². The highest BCUT2D eigenvalue weighted by atomic mass is 16.2. The Balaban J connectivity index is 1.43. The van der Waals surface area contributed by atoms with Crippen molar-refractivity contribution in [1.29, 1.82) is 0 Å². The molecule has 2 amide bonds. The Morgan fingerprint density at radius 2 is 2.07 bits per heavy atom. The van der Waals surface area contributed by atoms with Gasteiger partial charge in [0.15, 0.2) is 0 Å². The molecule has 0 aromatic heterocycles. The number of benzene rings is 1. The van der Waals surface area contributed by atoms with Gasteiger partial charge in [-0.1, -0.05) is 23.8 Å². The van der Waals surface area contributed by atoms with Crippen molar-refractivity contribution in [3.8, 4) is 0 Å². The summed E-state index contributed by atoms with van der Waals surface area (Å²) in [6, 6.07) is 7.64. The molecule has 4 rings (SSSR count). The molecule has 2 aliphatic carbocycles. The number of carbonyl (C=O) groups is 2. The van der Waals surface area contributed by atoms with Crippen molar-refractivity contribution in [3.05, 3.63) is 35.9 Å². The molecule has 3 aliphatic rings. The second kappa shape index (κ2) is 8.07. The van der Waals surface area contributed by atoms with E-state index in [-0.39, 0.29) is 24.3 Å². The van der Waals surface area contributed by atoms with Crippen LogP contribution in [0.25, 0.3) is 0 Å². The molecule has 27 heavy (non-hydrogen) atoms. The van der Waals surface area contributed by atoms with Gasteiger partial charge in [-0.2, -0.15) is 0 Å². The minimum absolute atomic E-state index is 0.0151. The number of nitrogens with one attached hydrogen (secondary N) is 1. The first-order chi connectivity index (χ1) is 13.2. The highest BCUT2D eigenvalue weighted by Crippen LogP contribution is 2.37. The Morgan fingerprint density at radius 1 is 1.19 bits per heavy atom. The maximum atomic E-state index is 13.1. The fourth-order valence-electron chi connectivity index (χ4n) is 4.33. The zero-order chi connectivity index (χ0) is 18.6. The van der Waals surface area contributed by atoms with Crippen LogP contribution in [-0.4, -0.2) is 30.6 Å². The van der Waals surface area contributed by atoms with Crippen molar-refractivity contribution < 1.29 is 9.59 Å². The first kappa shape index (κ1) is 18.0.